The molecule has 0 bridgehead atoms. The van der Waals surface area contributed by atoms with Gasteiger partial charge in [0, 0.05) is 5.56 Å². The summed E-state index contributed by atoms with van der Waals surface area (Å²) in [5.74, 6) is -4.37. The first-order valence-corrected chi connectivity index (χ1v) is 6.80. The molecule has 0 unspecified atom stereocenters. The van der Waals surface area contributed by atoms with E-state index in [-0.39, 0.29) is 6.61 Å². The zero-order valence-corrected chi connectivity index (χ0v) is 12.7. The average molecular weight is 322 g/mol. The number of methoxy groups -OCH3 is 2. The second kappa shape index (κ2) is 7.09. The Morgan fingerprint density at radius 3 is 2.26 bits per heavy atom. The first-order chi connectivity index (χ1) is 11.0. The van der Waals surface area contributed by atoms with Gasteiger partial charge in [-0.25, -0.2) is 4.79 Å². The second-order valence-electron chi connectivity index (χ2n) is 4.71. The van der Waals surface area contributed by atoms with E-state index >= 15 is 0 Å². The van der Waals surface area contributed by atoms with Crippen LogP contribution in [0.15, 0.2) is 48.5 Å². The first-order valence-electron chi connectivity index (χ1n) is 6.80. The second-order valence-corrected chi connectivity index (χ2v) is 4.71. The highest BCUT2D eigenvalue weighted by atomic mass is 19.3. The maximum atomic E-state index is 14.0. The standard InChI is InChI=1S/C17H16F2O4/c1-21-14-9-8-12(10-15(14)22-2)11-23-16(20)17(18,19)13-6-4-3-5-7-13/h3-10H,11H2,1-2H3. The van der Waals surface area contributed by atoms with Crippen LogP contribution in [0.25, 0.3) is 0 Å². The molecule has 0 saturated heterocycles. The van der Waals surface area contributed by atoms with Gasteiger partial charge in [0.25, 0.3) is 0 Å². The van der Waals surface area contributed by atoms with E-state index in [1.807, 2.05) is 0 Å². The third kappa shape index (κ3) is 3.77. The molecule has 0 fully saturated rings. The number of carbonyl (C=O) groups is 1. The molecule has 0 radical (unpaired) electrons. The predicted molar refractivity (Wildman–Crippen MR) is 79.7 cm³/mol. The van der Waals surface area contributed by atoms with Crippen LogP contribution in [0.4, 0.5) is 8.78 Å². The van der Waals surface area contributed by atoms with Crippen molar-refractivity contribution in [3.05, 3.63) is 59.7 Å². The number of hydrogen-bond acceptors (Lipinski definition) is 4. The topological polar surface area (TPSA) is 44.8 Å². The van der Waals surface area contributed by atoms with Crippen LogP contribution in [-0.2, 0) is 22.1 Å². The number of carbonyl (C=O) groups excluding carboxylic acids is 1. The molecule has 2 aromatic carbocycles. The molecule has 0 aliphatic carbocycles. The van der Waals surface area contributed by atoms with Crippen LogP contribution < -0.4 is 9.47 Å². The summed E-state index contributed by atoms with van der Waals surface area (Å²) in [6.07, 6.45) is 0. The zero-order valence-electron chi connectivity index (χ0n) is 12.7. The molecule has 2 rings (SSSR count). The van der Waals surface area contributed by atoms with E-state index in [2.05, 4.69) is 0 Å². The van der Waals surface area contributed by atoms with Crippen LogP contribution in [0.5, 0.6) is 11.5 Å². The van der Waals surface area contributed by atoms with E-state index in [4.69, 9.17) is 14.2 Å². The summed E-state index contributed by atoms with van der Waals surface area (Å²) in [6, 6.07) is 11.6. The lowest BCUT2D eigenvalue weighted by Gasteiger charge is -2.16. The van der Waals surface area contributed by atoms with Gasteiger partial charge in [-0.05, 0) is 17.7 Å². The molecule has 0 amide bonds. The number of alkyl halides is 2. The van der Waals surface area contributed by atoms with Gasteiger partial charge in [-0.1, -0.05) is 36.4 Å². The SMILES string of the molecule is COc1ccc(COC(=O)C(F)(F)c2ccccc2)cc1OC. The Bertz CT molecular complexity index is 672. The van der Waals surface area contributed by atoms with Gasteiger partial charge in [0.05, 0.1) is 14.2 Å². The van der Waals surface area contributed by atoms with Gasteiger partial charge in [-0.2, -0.15) is 8.78 Å². The van der Waals surface area contributed by atoms with E-state index in [1.165, 1.54) is 38.5 Å². The fraction of sp³-hybridized carbons (Fsp3) is 0.235. The number of hydrogen-bond donors (Lipinski definition) is 0. The summed E-state index contributed by atoms with van der Waals surface area (Å²) in [5.41, 5.74) is 0.108. The van der Waals surface area contributed by atoms with Crippen molar-refractivity contribution in [2.75, 3.05) is 14.2 Å². The van der Waals surface area contributed by atoms with Crippen molar-refractivity contribution in [2.24, 2.45) is 0 Å². The number of ether oxygens (including phenoxy) is 3. The van der Waals surface area contributed by atoms with Gasteiger partial charge in [0.15, 0.2) is 11.5 Å². The first kappa shape index (κ1) is 16.7. The van der Waals surface area contributed by atoms with E-state index in [0.717, 1.165) is 0 Å². The van der Waals surface area contributed by atoms with Crippen LogP contribution >= 0.6 is 0 Å². The van der Waals surface area contributed by atoms with E-state index < -0.39 is 17.5 Å². The molecule has 6 heteroatoms. The lowest BCUT2D eigenvalue weighted by Crippen LogP contribution is -2.28. The summed E-state index contributed by atoms with van der Waals surface area (Å²) >= 11 is 0. The summed E-state index contributed by atoms with van der Waals surface area (Å²) < 4.78 is 42.9. The lowest BCUT2D eigenvalue weighted by molar-refractivity contribution is -0.175. The minimum Gasteiger partial charge on any atom is -0.493 e. The molecular formula is C17H16F2O4. The number of benzene rings is 2. The molecule has 0 aliphatic rings. The van der Waals surface area contributed by atoms with Crippen molar-refractivity contribution in [3.63, 3.8) is 0 Å². The summed E-state index contributed by atoms with van der Waals surface area (Å²) in [6.45, 7) is -0.290. The predicted octanol–water partition coefficient (Wildman–Crippen LogP) is 3.54. The Labute approximate surface area is 132 Å². The molecule has 0 aromatic heterocycles. The molecule has 23 heavy (non-hydrogen) atoms. The normalized spacial score (nSPS) is 11.0. The Balaban J connectivity index is 2.07. The molecule has 4 nitrogen and oxygen atoms in total. The molecule has 0 aliphatic heterocycles. The minimum absolute atomic E-state index is 0.290. The van der Waals surface area contributed by atoms with Crippen molar-refractivity contribution in [1.29, 1.82) is 0 Å². The van der Waals surface area contributed by atoms with Crippen molar-refractivity contribution < 1.29 is 27.8 Å². The molecular weight excluding hydrogens is 306 g/mol. The maximum Gasteiger partial charge on any atom is 0.382 e. The van der Waals surface area contributed by atoms with Crippen LogP contribution in [0.3, 0.4) is 0 Å². The van der Waals surface area contributed by atoms with E-state index in [1.54, 1.807) is 24.3 Å². The smallest absolute Gasteiger partial charge is 0.382 e. The quantitative estimate of drug-likeness (QED) is 0.763. The summed E-state index contributed by atoms with van der Waals surface area (Å²) in [5, 5.41) is 0. The molecule has 122 valence electrons. The van der Waals surface area contributed by atoms with Crippen LogP contribution in [0, 0.1) is 0 Å². The monoisotopic (exact) mass is 322 g/mol. The number of halogens is 2. The lowest BCUT2D eigenvalue weighted by atomic mass is 10.1. The van der Waals surface area contributed by atoms with Gasteiger partial charge in [0.1, 0.15) is 6.61 Å². The van der Waals surface area contributed by atoms with Crippen LogP contribution in [-0.4, -0.2) is 20.2 Å². The fourth-order valence-electron chi connectivity index (χ4n) is 1.98. The van der Waals surface area contributed by atoms with Gasteiger partial charge in [0.2, 0.25) is 0 Å². The molecule has 0 spiro atoms. The highest BCUT2D eigenvalue weighted by molar-refractivity contribution is 5.79. The fourth-order valence-corrected chi connectivity index (χ4v) is 1.98. The van der Waals surface area contributed by atoms with Crippen LogP contribution in [0.1, 0.15) is 11.1 Å². The molecule has 0 N–H and O–H groups in total. The summed E-state index contributed by atoms with van der Waals surface area (Å²) in [7, 11) is 2.94. The van der Waals surface area contributed by atoms with Gasteiger partial charge in [-0.15, -0.1) is 0 Å². The number of rotatable bonds is 6. The van der Waals surface area contributed by atoms with Gasteiger partial charge >= 0.3 is 11.9 Å². The highest BCUT2D eigenvalue weighted by Crippen LogP contribution is 2.31. The molecule has 0 heterocycles. The van der Waals surface area contributed by atoms with Crippen molar-refractivity contribution in [3.8, 4) is 11.5 Å². The van der Waals surface area contributed by atoms with Crippen LogP contribution in [0.2, 0.25) is 0 Å². The minimum atomic E-state index is -3.70. The van der Waals surface area contributed by atoms with Crippen molar-refractivity contribution in [2.45, 2.75) is 12.5 Å². The molecule has 0 atom stereocenters. The molecule has 2 aromatic rings. The van der Waals surface area contributed by atoms with E-state index in [0.29, 0.717) is 17.1 Å². The van der Waals surface area contributed by atoms with Crippen molar-refractivity contribution >= 4 is 5.97 Å². The largest absolute Gasteiger partial charge is 0.493 e. The summed E-state index contributed by atoms with van der Waals surface area (Å²) in [4.78, 5) is 11.7. The average Bonchev–Trinajstić information content (AvgIpc) is 2.59. The third-order valence-electron chi connectivity index (χ3n) is 3.21. The Morgan fingerprint density at radius 1 is 1.00 bits per heavy atom. The molecule has 0 saturated carbocycles. The number of esters is 1. The maximum absolute atomic E-state index is 14.0. The Hall–Kier alpha value is -2.63. The van der Waals surface area contributed by atoms with Crippen molar-refractivity contribution in [1.82, 2.24) is 0 Å². The highest BCUT2D eigenvalue weighted by Gasteiger charge is 2.42. The van der Waals surface area contributed by atoms with E-state index in [9.17, 15) is 13.6 Å². The Morgan fingerprint density at radius 2 is 1.65 bits per heavy atom. The Kier molecular flexibility index (Phi) is 5.16. The zero-order chi connectivity index (χ0) is 16.9. The van der Waals surface area contributed by atoms with Gasteiger partial charge in [-0.3, -0.25) is 0 Å². The van der Waals surface area contributed by atoms with Gasteiger partial charge < -0.3 is 14.2 Å². The third-order valence-corrected chi connectivity index (χ3v) is 3.21.